The fourth-order valence-corrected chi connectivity index (χ4v) is 4.54. The summed E-state index contributed by atoms with van der Waals surface area (Å²) in [6.07, 6.45) is 5.05. The number of aliphatic imine (C=N–C) groups is 1. The number of amides is 1. The highest BCUT2D eigenvalue weighted by molar-refractivity contribution is 5.82. The molecule has 0 spiro atoms. The predicted molar refractivity (Wildman–Crippen MR) is 78.8 cm³/mol. The van der Waals surface area contributed by atoms with Gasteiger partial charge in [-0.2, -0.15) is 0 Å². The van der Waals surface area contributed by atoms with E-state index in [4.69, 9.17) is 0 Å². The van der Waals surface area contributed by atoms with Crippen LogP contribution in [0.3, 0.4) is 0 Å². The normalized spacial score (nSPS) is 30.6. The fourth-order valence-electron chi connectivity index (χ4n) is 4.54. The van der Waals surface area contributed by atoms with Crippen LogP contribution >= 0.6 is 0 Å². The van der Waals surface area contributed by atoms with Crippen LogP contribution in [-0.4, -0.2) is 12.0 Å². The smallest absolute Gasteiger partial charge is 0.257 e. The van der Waals surface area contributed by atoms with E-state index in [1.165, 1.54) is 11.7 Å². The van der Waals surface area contributed by atoms with Crippen molar-refractivity contribution in [3.63, 3.8) is 0 Å². The van der Waals surface area contributed by atoms with Gasteiger partial charge in [0.15, 0.2) is 0 Å². The maximum atomic E-state index is 11.7. The van der Waals surface area contributed by atoms with Gasteiger partial charge in [-0.1, -0.05) is 45.8 Å². The van der Waals surface area contributed by atoms with Crippen molar-refractivity contribution in [3.8, 4) is 0 Å². The molecule has 0 fully saturated rings. The third-order valence-electron chi connectivity index (χ3n) is 5.94. The van der Waals surface area contributed by atoms with E-state index in [2.05, 4.69) is 39.6 Å². The SMILES string of the molecule is CC1C(C)(C)C2=C(C(CC(=O)N=C=O)CCC2)C1(C)C. The maximum Gasteiger partial charge on any atom is 0.257 e. The van der Waals surface area contributed by atoms with E-state index in [9.17, 15) is 9.59 Å². The van der Waals surface area contributed by atoms with Crippen molar-refractivity contribution >= 4 is 12.0 Å². The highest BCUT2D eigenvalue weighted by Crippen LogP contribution is 2.62. The van der Waals surface area contributed by atoms with E-state index in [0.717, 1.165) is 19.3 Å². The molecule has 0 radical (unpaired) electrons. The summed E-state index contributed by atoms with van der Waals surface area (Å²) in [4.78, 5) is 25.2. The number of hydrogen-bond acceptors (Lipinski definition) is 2. The molecule has 1 amide bonds. The van der Waals surface area contributed by atoms with Crippen molar-refractivity contribution in [2.24, 2.45) is 27.7 Å². The van der Waals surface area contributed by atoms with Crippen LogP contribution in [0.4, 0.5) is 0 Å². The zero-order valence-electron chi connectivity index (χ0n) is 13.2. The largest absolute Gasteiger partial charge is 0.272 e. The van der Waals surface area contributed by atoms with Gasteiger partial charge < -0.3 is 0 Å². The monoisotopic (exact) mass is 275 g/mol. The molecule has 0 aliphatic heterocycles. The van der Waals surface area contributed by atoms with E-state index >= 15 is 0 Å². The minimum absolute atomic E-state index is 0.120. The Morgan fingerprint density at radius 1 is 1.30 bits per heavy atom. The Morgan fingerprint density at radius 2 is 1.95 bits per heavy atom. The summed E-state index contributed by atoms with van der Waals surface area (Å²) in [5, 5.41) is 0. The topological polar surface area (TPSA) is 46.5 Å². The van der Waals surface area contributed by atoms with Gasteiger partial charge in [-0.15, -0.1) is 4.99 Å². The number of isocyanates is 1. The lowest BCUT2D eigenvalue weighted by atomic mass is 9.68. The molecular weight excluding hydrogens is 250 g/mol. The first-order chi connectivity index (χ1) is 9.22. The summed E-state index contributed by atoms with van der Waals surface area (Å²) in [7, 11) is 0. The number of carbonyl (C=O) groups is 1. The molecular formula is C17H25NO2. The first kappa shape index (κ1) is 15.2. The second-order valence-electron chi connectivity index (χ2n) is 7.45. The zero-order valence-corrected chi connectivity index (χ0v) is 13.2. The van der Waals surface area contributed by atoms with E-state index in [0.29, 0.717) is 12.3 Å². The molecule has 0 aromatic carbocycles. The molecule has 0 bridgehead atoms. The van der Waals surface area contributed by atoms with Crippen LogP contribution < -0.4 is 0 Å². The summed E-state index contributed by atoms with van der Waals surface area (Å²) in [5.74, 6) is 0.486. The minimum Gasteiger partial charge on any atom is -0.272 e. The van der Waals surface area contributed by atoms with Crippen LogP contribution in [0.25, 0.3) is 0 Å². The summed E-state index contributed by atoms with van der Waals surface area (Å²) in [6.45, 7) is 11.6. The zero-order chi connectivity index (χ0) is 15.1. The second-order valence-corrected chi connectivity index (χ2v) is 7.45. The van der Waals surface area contributed by atoms with Crippen molar-refractivity contribution in [3.05, 3.63) is 11.1 Å². The molecule has 2 atom stereocenters. The van der Waals surface area contributed by atoms with Gasteiger partial charge in [0.05, 0.1) is 0 Å². The Hall–Kier alpha value is -1.21. The van der Waals surface area contributed by atoms with Crippen molar-refractivity contribution in [2.45, 2.75) is 60.3 Å². The molecule has 20 heavy (non-hydrogen) atoms. The molecule has 0 saturated carbocycles. The Kier molecular flexibility index (Phi) is 3.77. The standard InChI is InChI=1S/C17H25NO2/c1-11-16(2,3)13-8-6-7-12(9-14(20)18-10-19)15(13)17(11,4)5/h11-12H,6-9H2,1-5H3. The fraction of sp³-hybridized carbons (Fsp3) is 0.765. The van der Waals surface area contributed by atoms with E-state index in [1.807, 2.05) is 0 Å². The number of rotatable bonds is 2. The summed E-state index contributed by atoms with van der Waals surface area (Å²) >= 11 is 0. The molecule has 0 saturated heterocycles. The van der Waals surface area contributed by atoms with Crippen molar-refractivity contribution in [1.82, 2.24) is 0 Å². The molecule has 3 nitrogen and oxygen atoms in total. The Balaban J connectivity index is 2.40. The van der Waals surface area contributed by atoms with Crippen molar-refractivity contribution in [2.75, 3.05) is 0 Å². The van der Waals surface area contributed by atoms with E-state index in [1.54, 1.807) is 5.57 Å². The lowest BCUT2D eigenvalue weighted by molar-refractivity contribution is -0.118. The van der Waals surface area contributed by atoms with E-state index in [-0.39, 0.29) is 22.7 Å². The Morgan fingerprint density at radius 3 is 2.55 bits per heavy atom. The molecule has 0 aromatic rings. The van der Waals surface area contributed by atoms with Crippen LogP contribution in [-0.2, 0) is 9.59 Å². The van der Waals surface area contributed by atoms with Gasteiger partial charge in [-0.05, 0) is 41.9 Å². The molecule has 0 aromatic heterocycles. The third-order valence-corrected chi connectivity index (χ3v) is 5.94. The highest BCUT2D eigenvalue weighted by Gasteiger charge is 2.52. The van der Waals surface area contributed by atoms with Crippen LogP contribution in [0.5, 0.6) is 0 Å². The highest BCUT2D eigenvalue weighted by atomic mass is 16.2. The van der Waals surface area contributed by atoms with Gasteiger partial charge in [0.2, 0.25) is 6.08 Å². The molecule has 2 aliphatic rings. The molecule has 0 heterocycles. The Bertz CT molecular complexity index is 507. The average molecular weight is 275 g/mol. The van der Waals surface area contributed by atoms with Gasteiger partial charge >= 0.3 is 0 Å². The number of hydrogen-bond donors (Lipinski definition) is 0. The maximum absolute atomic E-state index is 11.7. The van der Waals surface area contributed by atoms with Gasteiger partial charge in [0.1, 0.15) is 0 Å². The first-order valence-corrected chi connectivity index (χ1v) is 7.57. The first-order valence-electron chi connectivity index (χ1n) is 7.57. The van der Waals surface area contributed by atoms with Crippen molar-refractivity contribution < 1.29 is 9.59 Å². The second kappa shape index (κ2) is 4.96. The average Bonchev–Trinajstić information content (AvgIpc) is 2.50. The molecule has 0 N–H and O–H groups in total. The summed E-state index contributed by atoms with van der Waals surface area (Å²) < 4.78 is 0. The summed E-state index contributed by atoms with van der Waals surface area (Å²) in [5.41, 5.74) is 3.34. The van der Waals surface area contributed by atoms with E-state index < -0.39 is 0 Å². The third kappa shape index (κ3) is 2.18. The number of nitrogens with zero attached hydrogens (tertiary/aromatic N) is 1. The van der Waals surface area contributed by atoms with Crippen LogP contribution in [0, 0.1) is 22.7 Å². The molecule has 2 rings (SSSR count). The predicted octanol–water partition coefficient (Wildman–Crippen LogP) is 4.04. The lowest BCUT2D eigenvalue weighted by Crippen LogP contribution is -2.29. The van der Waals surface area contributed by atoms with Crippen molar-refractivity contribution in [1.29, 1.82) is 0 Å². The minimum atomic E-state index is -0.327. The molecule has 2 aliphatic carbocycles. The van der Waals surface area contributed by atoms with Crippen LogP contribution in [0.15, 0.2) is 16.1 Å². The molecule has 2 unspecified atom stereocenters. The van der Waals surface area contributed by atoms with Gasteiger partial charge in [0, 0.05) is 6.42 Å². The number of carbonyl (C=O) groups excluding carboxylic acids is 2. The van der Waals surface area contributed by atoms with Crippen LogP contribution in [0.1, 0.15) is 60.3 Å². The van der Waals surface area contributed by atoms with Gasteiger partial charge in [-0.25, -0.2) is 4.79 Å². The molecule has 3 heteroatoms. The summed E-state index contributed by atoms with van der Waals surface area (Å²) in [6, 6.07) is 0. The van der Waals surface area contributed by atoms with Gasteiger partial charge in [0.25, 0.3) is 5.91 Å². The van der Waals surface area contributed by atoms with Gasteiger partial charge in [-0.3, -0.25) is 4.79 Å². The lowest BCUT2D eigenvalue weighted by Gasteiger charge is -2.36. The van der Waals surface area contributed by atoms with Crippen LogP contribution in [0.2, 0.25) is 0 Å². The molecule has 110 valence electrons. The quantitative estimate of drug-likeness (QED) is 0.434. The number of allylic oxidation sites excluding steroid dienone is 2. The Labute approximate surface area is 121 Å².